The van der Waals surface area contributed by atoms with Gasteiger partial charge in [-0.3, -0.25) is 38.5 Å². The smallest absolute Gasteiger partial charge is 0.313 e. The molecular weight excluding hydrogens is 1980 g/mol. The predicted octanol–water partition coefficient (Wildman–Crippen LogP) is 17.7. The Morgan fingerprint density at radius 1 is 0.657 bits per heavy atom. The number of furan rings is 3. The van der Waals surface area contributed by atoms with Crippen LogP contribution in [0.3, 0.4) is 0 Å². The summed E-state index contributed by atoms with van der Waals surface area (Å²) in [5.41, 5.74) is 15.0. The number of benzene rings is 9. The first kappa shape index (κ1) is 108. The lowest BCUT2D eigenvalue weighted by Crippen LogP contribution is -2.42. The minimum atomic E-state index is -3.87. The van der Waals surface area contributed by atoms with E-state index in [0.29, 0.717) is 112 Å². The number of nitrogens with one attached hydrogen (secondary N) is 6. The Kier molecular flexibility index (Phi) is 39.9. The number of carbonyl (C=O) groups is 4. The van der Waals surface area contributed by atoms with Crippen molar-refractivity contribution in [3.63, 3.8) is 0 Å². The minimum absolute atomic E-state index is 0.0242. The van der Waals surface area contributed by atoms with Crippen molar-refractivity contribution < 1.29 is 77.4 Å². The Bertz CT molecular complexity index is 7020. The van der Waals surface area contributed by atoms with E-state index >= 15 is 0 Å². The molecule has 3 fully saturated rings. The van der Waals surface area contributed by atoms with Crippen LogP contribution in [0.1, 0.15) is 91.9 Å². The second kappa shape index (κ2) is 52.6. The van der Waals surface area contributed by atoms with Gasteiger partial charge in [-0.2, -0.15) is 14.5 Å². The maximum absolute atomic E-state index is 12.7. The van der Waals surface area contributed by atoms with Gasteiger partial charge in [0.05, 0.1) is 69.8 Å². The molecule has 8 N–H and O–H groups in total. The molecule has 4 aliphatic heterocycles. The number of hydrogen-bond donors (Lipinski definition) is 9. The number of thioether (sulfide) groups is 1. The second-order valence-electron chi connectivity index (χ2n) is 33.4. The van der Waals surface area contributed by atoms with Crippen LogP contribution in [-0.4, -0.2) is 183 Å². The van der Waals surface area contributed by atoms with Crippen LogP contribution in [0.5, 0.6) is 17.4 Å². The summed E-state index contributed by atoms with van der Waals surface area (Å²) in [7, 11) is -9.09. The molecule has 40 heteroatoms. The van der Waals surface area contributed by atoms with E-state index in [1.165, 1.54) is 81.7 Å². The third-order valence-corrected chi connectivity index (χ3v) is 29.7. The van der Waals surface area contributed by atoms with Gasteiger partial charge in [0.1, 0.15) is 47.4 Å². The van der Waals surface area contributed by atoms with Crippen molar-refractivity contribution in [2.75, 3.05) is 80.6 Å². The number of fused-ring (bicyclic) bond motifs is 3. The molecule has 3 atom stereocenters. The van der Waals surface area contributed by atoms with Crippen LogP contribution < -0.4 is 45.9 Å². The Balaban J connectivity index is 0.000000155. The zero-order valence-corrected chi connectivity index (χ0v) is 86.1. The molecule has 4 aromatic heterocycles. The van der Waals surface area contributed by atoms with Crippen LogP contribution in [0.25, 0.3) is 33.0 Å². The van der Waals surface area contributed by atoms with Crippen molar-refractivity contribution >= 4 is 187 Å². The zero-order valence-electron chi connectivity index (χ0n) is 79.5. The van der Waals surface area contributed by atoms with Crippen LogP contribution in [0, 0.1) is 31.6 Å². The quantitative estimate of drug-likeness (QED) is 0.00723. The van der Waals surface area contributed by atoms with Crippen molar-refractivity contribution in [3.8, 4) is 28.7 Å². The number of azo groups is 1. The van der Waals surface area contributed by atoms with Crippen molar-refractivity contribution in [1.29, 1.82) is 0 Å². The molecule has 0 spiro atoms. The zero-order chi connectivity index (χ0) is 102. The molecule has 3 amide bonds. The Morgan fingerprint density at radius 2 is 1.25 bits per heavy atom. The number of aromatic nitrogens is 1. The average molecular weight is 2090 g/mol. The van der Waals surface area contributed by atoms with Gasteiger partial charge < -0.3 is 48.9 Å². The molecule has 0 radical (unpaired) electrons. The van der Waals surface area contributed by atoms with Crippen molar-refractivity contribution in [2.24, 2.45) is 43.2 Å². The number of amides is 3. The van der Waals surface area contributed by atoms with Gasteiger partial charge in [-0.15, -0.1) is 34.6 Å². The first-order chi connectivity index (χ1) is 68.8. The highest BCUT2D eigenvalue weighted by Crippen LogP contribution is 2.41. The number of rotatable bonds is 28. The van der Waals surface area contributed by atoms with E-state index in [0.717, 1.165) is 92.6 Å². The fourth-order valence-corrected chi connectivity index (χ4v) is 20.9. The molecule has 13 aromatic rings. The molecule has 748 valence electrons. The van der Waals surface area contributed by atoms with E-state index in [1.807, 2.05) is 140 Å². The SMILES string of the molecule is CCc1cccc(CC)c1NC(=S)N=Nc1c(O)n(CN2CC(C)CC(C)C2)c2ccccc12.CN=Cc1cc(-c2ccccc2)oc1S.Cc1ccc(S(=O)(=O)CNC(=S)c2ccc3ccccc3c2)cc1.Cc1ccc(S(=O)(=O)N2CCC(C(=O)N/N=C/c3ccco3)CC2)cc1.O=C(CNS(=O)(=O)c1ccc2c(c1)OCCO2)N/N=C/c1ccco1.O=C(O)CSCC1NC(=S)N(c2ccccc2)C1=O. The van der Waals surface area contributed by atoms with Gasteiger partial charge in [0.25, 0.3) is 11.8 Å². The van der Waals surface area contributed by atoms with E-state index in [9.17, 15) is 49.5 Å². The van der Waals surface area contributed by atoms with Crippen molar-refractivity contribution in [3.05, 3.63) is 300 Å². The summed E-state index contributed by atoms with van der Waals surface area (Å²) in [4.78, 5) is 55.2. The summed E-state index contributed by atoms with van der Waals surface area (Å²) in [5.74, 6) is 2.09. The normalized spacial score (nSPS) is 15.6. The molecule has 4 aliphatic rings. The Morgan fingerprint density at radius 3 is 1.87 bits per heavy atom. The number of carbonyl (C=O) groups excluding carboxylic acids is 3. The number of sulfonamides is 2. The number of ether oxygens (including phenoxy) is 2. The monoisotopic (exact) mass is 2090 g/mol. The third-order valence-electron chi connectivity index (χ3n) is 22.7. The molecule has 17 rings (SSSR count). The number of sulfone groups is 1. The number of aromatic hydroxyl groups is 1. The van der Waals surface area contributed by atoms with Gasteiger partial charge in [-0.05, 0) is 195 Å². The van der Waals surface area contributed by atoms with Gasteiger partial charge >= 0.3 is 5.97 Å². The fourth-order valence-electron chi connectivity index (χ4n) is 15.6. The summed E-state index contributed by atoms with van der Waals surface area (Å²) in [5, 5.41) is 49.3. The van der Waals surface area contributed by atoms with Gasteiger partial charge in [0.15, 0.2) is 37.2 Å². The van der Waals surface area contributed by atoms with Gasteiger partial charge in [-0.1, -0.05) is 197 Å². The summed E-state index contributed by atoms with van der Waals surface area (Å²) in [6.45, 7) is 16.3. The number of para-hydroxylation sites is 3. The topological polar surface area (TPSA) is 418 Å². The number of anilines is 2. The maximum atomic E-state index is 12.7. The number of hydrazone groups is 2. The number of piperidine rings is 2. The number of aryl methyl sites for hydroxylation is 4. The van der Waals surface area contributed by atoms with E-state index in [1.54, 1.807) is 98.2 Å². The number of carboxylic acids is 1. The summed E-state index contributed by atoms with van der Waals surface area (Å²) in [6.07, 6.45) is 11.4. The number of aliphatic carboxylic acids is 1. The number of hydrogen-bond acceptors (Lipinski definition) is 26. The lowest BCUT2D eigenvalue weighted by Gasteiger charge is -2.35. The molecule has 3 unspecified atom stereocenters. The summed E-state index contributed by atoms with van der Waals surface area (Å²) in [6, 6.07) is 73.2. The highest BCUT2D eigenvalue weighted by molar-refractivity contribution is 8.00. The number of nitrogens with zero attached hydrogens (tertiary/aromatic N) is 9. The predicted molar refractivity (Wildman–Crippen MR) is 574 cm³/mol. The van der Waals surface area contributed by atoms with Crippen LogP contribution in [-0.2, 0) is 68.6 Å². The Hall–Kier alpha value is -13.4. The molecule has 9 aromatic carbocycles. The summed E-state index contributed by atoms with van der Waals surface area (Å²) < 4.78 is 106. The first-order valence-corrected chi connectivity index (χ1v) is 53.1. The molecular formula is C103H111N15O17S8. The molecule has 143 heavy (non-hydrogen) atoms. The van der Waals surface area contributed by atoms with Crippen molar-refractivity contribution in [2.45, 2.75) is 106 Å². The highest BCUT2D eigenvalue weighted by Gasteiger charge is 2.37. The average Bonchev–Trinajstić information content (AvgIpc) is 1.60. The molecule has 3 saturated heterocycles. The van der Waals surface area contributed by atoms with Crippen LogP contribution in [0.15, 0.2) is 314 Å². The van der Waals surface area contributed by atoms with Gasteiger partial charge in [0.2, 0.25) is 36.9 Å². The fraction of sp³-hybridized carbons (Fsp3) is 0.262. The first-order valence-electron chi connectivity index (χ1n) is 45.7. The number of likely N-dealkylation sites (tertiary alicyclic amines) is 1. The molecule has 0 bridgehead atoms. The highest BCUT2D eigenvalue weighted by atomic mass is 32.2. The second-order valence-corrected chi connectivity index (χ2v) is 41.7. The van der Waals surface area contributed by atoms with Crippen LogP contribution in [0.4, 0.5) is 17.1 Å². The van der Waals surface area contributed by atoms with E-state index in [-0.39, 0.29) is 50.1 Å². The molecule has 0 aliphatic carbocycles. The molecule has 32 nitrogen and oxygen atoms in total. The number of thiocarbonyl (C=S) groups is 3. The Labute approximate surface area is 856 Å². The molecule has 8 heterocycles. The molecule has 0 saturated carbocycles. The van der Waals surface area contributed by atoms with Gasteiger partial charge in [0, 0.05) is 84.9 Å². The standard InChI is InChI=1S/C27H35N5OS.C19H17NO2S2.C18H21N3O4S.C15H15N3O6S.C12H12N2O3S2.C12H11NOS/c1-5-20-10-9-11-21(6-2)24(20)28-27(34)30-29-25-22-12-7-8-13-23(22)32(26(25)33)17-31-15-18(3)14-19(4)16-31;1-14-6-10-18(11-7-14)24(21,22)13-20-19(23)17-9-8-15-4-2-3-5-16(15)12-17;1-14-4-6-17(7-5-14)26(23,24)21-10-8-15(9-11-21)18(22)20-19-13-16-3-2-12-25-16;19-15(18-16-9-11-2-1-5-22-11)10-17-25(20,21)12-3-4-13-14(8-12)24-7-6-23-13;15-10(16)7-19-6-9-11(17)14(12(18)13-9)8-4-2-1-3-5-8;1-13-8-10-7-11(14-12(10)15)9-5-3-2-4-6-9/h7-13,18-19,33H,5-6,14-17H2,1-4H3,(H,28,34);2-12H,13H2,1H3,(H,20,23);2-7,12-13,15H,8-11H2,1H3,(H,20,22);1-5,8-9,17H,6-7,10H2,(H,18,19);1-5,9H,6-7H2,(H,13,18)(H,15,16);2-8,15H,1H3/b;;19-13+;16-9+;;. The van der Waals surface area contributed by atoms with Crippen LogP contribution >= 0.6 is 61.0 Å². The maximum Gasteiger partial charge on any atom is 0.313 e. The largest absolute Gasteiger partial charge is 0.493 e. The number of carboxylic acid groups (broad SMARTS) is 1. The van der Waals surface area contributed by atoms with Crippen LogP contribution in [0.2, 0.25) is 0 Å². The third kappa shape index (κ3) is 31.1. The van der Waals surface area contributed by atoms with E-state index < -0.39 is 54.3 Å². The lowest BCUT2D eigenvalue weighted by molar-refractivity contribution is -0.134. The minimum Gasteiger partial charge on any atom is -0.493 e. The number of aliphatic imine (C=N–C) groups is 1. The van der Waals surface area contributed by atoms with Gasteiger partial charge in [-0.25, -0.2) is 40.8 Å². The summed E-state index contributed by atoms with van der Waals surface area (Å²) >= 11 is 21.4. The van der Waals surface area contributed by atoms with E-state index in [4.69, 9.17) is 64.5 Å². The number of thiol groups is 1. The lowest BCUT2D eigenvalue weighted by atomic mass is 9.92. The van der Waals surface area contributed by atoms with E-state index in [2.05, 4.69) is 120 Å². The van der Waals surface area contributed by atoms with Crippen molar-refractivity contribution in [1.82, 2.24) is 40.0 Å².